The molecule has 1 aromatic rings. The van der Waals surface area contributed by atoms with Crippen molar-refractivity contribution in [3.63, 3.8) is 0 Å². The number of hydrogen-bond acceptors (Lipinski definition) is 4. The minimum Gasteiger partial charge on any atom is -0.388 e. The third kappa shape index (κ3) is 3.16. The molecule has 0 radical (unpaired) electrons. The number of hydrogen-bond donors (Lipinski definition) is 2. The first-order valence-corrected chi connectivity index (χ1v) is 6.96. The van der Waals surface area contributed by atoms with E-state index in [2.05, 4.69) is 22.2 Å². The summed E-state index contributed by atoms with van der Waals surface area (Å²) in [6.07, 6.45) is 9.89. The number of anilines is 1. The zero-order valence-corrected chi connectivity index (χ0v) is 11.5. The van der Waals surface area contributed by atoms with E-state index in [1.807, 2.05) is 0 Å². The second kappa shape index (κ2) is 6.09. The predicted octanol–water partition coefficient (Wildman–Crippen LogP) is 2.49. The Morgan fingerprint density at radius 3 is 2.67 bits per heavy atom. The highest BCUT2D eigenvalue weighted by molar-refractivity contribution is 7.80. The van der Waals surface area contributed by atoms with Gasteiger partial charge in [-0.3, -0.25) is 0 Å². The Morgan fingerprint density at radius 1 is 1.33 bits per heavy atom. The number of rotatable bonds is 4. The molecule has 1 saturated carbocycles. The summed E-state index contributed by atoms with van der Waals surface area (Å²) in [7, 11) is 0. The zero-order chi connectivity index (χ0) is 13.0. The Balaban J connectivity index is 2.06. The molecule has 98 valence electrons. The van der Waals surface area contributed by atoms with Crippen LogP contribution in [-0.2, 0) is 0 Å². The van der Waals surface area contributed by atoms with E-state index in [9.17, 15) is 0 Å². The van der Waals surface area contributed by atoms with Gasteiger partial charge in [0.15, 0.2) is 5.82 Å². The standard InChI is InChI=1S/C13H20N4S/c1-9(10-5-3-2-4-6-10)17-13-11(12(14)18)15-7-8-16-13/h7-10H,2-6H2,1H3,(H2,14,18)(H,16,17). The molecule has 5 heteroatoms. The van der Waals surface area contributed by atoms with Gasteiger partial charge in [-0.05, 0) is 25.7 Å². The van der Waals surface area contributed by atoms with Crippen molar-refractivity contribution >= 4 is 23.0 Å². The first kappa shape index (κ1) is 13.2. The molecule has 2 rings (SSSR count). The summed E-state index contributed by atoms with van der Waals surface area (Å²) in [5.41, 5.74) is 6.25. The Labute approximate surface area is 113 Å². The SMILES string of the molecule is CC(Nc1nccnc1C(N)=S)C1CCCCC1. The first-order valence-electron chi connectivity index (χ1n) is 6.56. The summed E-state index contributed by atoms with van der Waals surface area (Å²) in [4.78, 5) is 8.77. The van der Waals surface area contributed by atoms with Crippen LogP contribution in [0.4, 0.5) is 5.82 Å². The fourth-order valence-electron chi connectivity index (χ4n) is 2.59. The van der Waals surface area contributed by atoms with E-state index in [-0.39, 0.29) is 0 Å². The maximum atomic E-state index is 5.66. The predicted molar refractivity (Wildman–Crippen MR) is 77.6 cm³/mol. The topological polar surface area (TPSA) is 63.8 Å². The number of nitrogens with two attached hydrogens (primary N) is 1. The maximum absolute atomic E-state index is 5.66. The van der Waals surface area contributed by atoms with Crippen LogP contribution < -0.4 is 11.1 Å². The number of nitrogens with zero attached hydrogens (tertiary/aromatic N) is 2. The summed E-state index contributed by atoms with van der Waals surface area (Å²) in [5.74, 6) is 1.42. The van der Waals surface area contributed by atoms with Gasteiger partial charge in [0.2, 0.25) is 0 Å². The van der Waals surface area contributed by atoms with Crippen molar-refractivity contribution in [1.82, 2.24) is 9.97 Å². The molecular weight excluding hydrogens is 244 g/mol. The molecular formula is C13H20N4S. The Hall–Kier alpha value is -1.23. The molecule has 0 amide bonds. The minimum atomic E-state index is 0.293. The van der Waals surface area contributed by atoms with Crippen LogP contribution in [-0.4, -0.2) is 21.0 Å². The molecule has 3 N–H and O–H groups in total. The van der Waals surface area contributed by atoms with E-state index < -0.39 is 0 Å². The molecule has 1 atom stereocenters. The van der Waals surface area contributed by atoms with Crippen molar-refractivity contribution < 1.29 is 0 Å². The van der Waals surface area contributed by atoms with Crippen LogP contribution in [0.15, 0.2) is 12.4 Å². The fourth-order valence-corrected chi connectivity index (χ4v) is 2.74. The molecule has 1 aliphatic rings. The molecule has 0 aromatic carbocycles. The van der Waals surface area contributed by atoms with Crippen molar-refractivity contribution in [2.24, 2.45) is 11.7 Å². The monoisotopic (exact) mass is 264 g/mol. The molecule has 18 heavy (non-hydrogen) atoms. The van der Waals surface area contributed by atoms with Gasteiger partial charge in [0.1, 0.15) is 10.7 Å². The van der Waals surface area contributed by atoms with E-state index >= 15 is 0 Å². The van der Waals surface area contributed by atoms with E-state index in [1.165, 1.54) is 32.1 Å². The average molecular weight is 264 g/mol. The highest BCUT2D eigenvalue weighted by atomic mass is 32.1. The van der Waals surface area contributed by atoms with Gasteiger partial charge < -0.3 is 11.1 Å². The van der Waals surface area contributed by atoms with E-state index in [4.69, 9.17) is 18.0 Å². The molecule has 1 aliphatic carbocycles. The Bertz CT molecular complexity index is 415. The molecule has 0 spiro atoms. The lowest BCUT2D eigenvalue weighted by atomic mass is 9.84. The highest BCUT2D eigenvalue weighted by Gasteiger charge is 2.21. The molecule has 1 heterocycles. The number of thiocarbonyl (C=S) groups is 1. The Kier molecular flexibility index (Phi) is 4.47. The van der Waals surface area contributed by atoms with Gasteiger partial charge in [-0.1, -0.05) is 31.5 Å². The van der Waals surface area contributed by atoms with Crippen molar-refractivity contribution in [3.05, 3.63) is 18.1 Å². The van der Waals surface area contributed by atoms with Crippen LogP contribution in [0.25, 0.3) is 0 Å². The van der Waals surface area contributed by atoms with Gasteiger partial charge in [0.05, 0.1) is 0 Å². The van der Waals surface area contributed by atoms with Gasteiger partial charge in [0, 0.05) is 18.4 Å². The lowest BCUT2D eigenvalue weighted by molar-refractivity contribution is 0.328. The van der Waals surface area contributed by atoms with Crippen LogP contribution in [0.3, 0.4) is 0 Å². The molecule has 0 aliphatic heterocycles. The van der Waals surface area contributed by atoms with Gasteiger partial charge >= 0.3 is 0 Å². The molecule has 1 aromatic heterocycles. The van der Waals surface area contributed by atoms with Gasteiger partial charge in [-0.25, -0.2) is 9.97 Å². The number of nitrogens with one attached hydrogen (secondary N) is 1. The summed E-state index contributed by atoms with van der Waals surface area (Å²) in [6, 6.07) is 0.384. The molecule has 1 fully saturated rings. The van der Waals surface area contributed by atoms with Gasteiger partial charge in [-0.15, -0.1) is 0 Å². The second-order valence-corrected chi connectivity index (χ2v) is 5.39. The summed E-state index contributed by atoms with van der Waals surface area (Å²) in [6.45, 7) is 2.20. The smallest absolute Gasteiger partial charge is 0.155 e. The zero-order valence-electron chi connectivity index (χ0n) is 10.7. The molecule has 1 unspecified atom stereocenters. The van der Waals surface area contributed by atoms with Crippen molar-refractivity contribution in [3.8, 4) is 0 Å². The Morgan fingerprint density at radius 2 is 2.00 bits per heavy atom. The largest absolute Gasteiger partial charge is 0.388 e. The van der Waals surface area contributed by atoms with E-state index in [1.54, 1.807) is 12.4 Å². The van der Waals surface area contributed by atoms with Crippen LogP contribution >= 0.6 is 12.2 Å². The summed E-state index contributed by atoms with van der Waals surface area (Å²) < 4.78 is 0. The normalized spacial score (nSPS) is 18.3. The van der Waals surface area contributed by atoms with Crippen molar-refractivity contribution in [2.45, 2.75) is 45.1 Å². The lowest BCUT2D eigenvalue weighted by Gasteiger charge is -2.28. The second-order valence-electron chi connectivity index (χ2n) is 4.95. The van der Waals surface area contributed by atoms with Crippen LogP contribution in [0.5, 0.6) is 0 Å². The quantitative estimate of drug-likeness (QED) is 0.818. The molecule has 4 nitrogen and oxygen atoms in total. The maximum Gasteiger partial charge on any atom is 0.155 e. The summed E-state index contributed by atoms with van der Waals surface area (Å²) >= 11 is 4.99. The number of aromatic nitrogens is 2. The van der Waals surface area contributed by atoms with Crippen LogP contribution in [0.2, 0.25) is 0 Å². The van der Waals surface area contributed by atoms with Crippen molar-refractivity contribution in [1.29, 1.82) is 0 Å². The van der Waals surface area contributed by atoms with Crippen LogP contribution in [0, 0.1) is 5.92 Å². The summed E-state index contributed by atoms with van der Waals surface area (Å²) in [5, 5.41) is 3.42. The average Bonchev–Trinajstić information content (AvgIpc) is 2.40. The first-order chi connectivity index (χ1) is 8.68. The van der Waals surface area contributed by atoms with Gasteiger partial charge in [0.25, 0.3) is 0 Å². The lowest BCUT2D eigenvalue weighted by Crippen LogP contribution is -2.29. The van der Waals surface area contributed by atoms with Crippen molar-refractivity contribution in [2.75, 3.05) is 5.32 Å². The molecule has 0 bridgehead atoms. The molecule has 0 saturated heterocycles. The van der Waals surface area contributed by atoms with Crippen LogP contribution in [0.1, 0.15) is 44.7 Å². The van der Waals surface area contributed by atoms with E-state index in [0.29, 0.717) is 28.5 Å². The third-order valence-corrected chi connectivity index (χ3v) is 3.85. The fraction of sp³-hybridized carbons (Fsp3) is 0.615. The van der Waals surface area contributed by atoms with Gasteiger partial charge in [-0.2, -0.15) is 0 Å². The van der Waals surface area contributed by atoms with E-state index in [0.717, 1.165) is 0 Å². The minimum absolute atomic E-state index is 0.293. The highest BCUT2D eigenvalue weighted by Crippen LogP contribution is 2.28. The third-order valence-electron chi connectivity index (χ3n) is 3.65.